The van der Waals surface area contributed by atoms with E-state index >= 15 is 0 Å². The molecule has 1 fully saturated rings. The van der Waals surface area contributed by atoms with Crippen LogP contribution in [0.4, 0.5) is 4.79 Å². The molecule has 3 nitrogen and oxygen atoms in total. The normalized spacial score (nSPS) is 24.3. The average molecular weight is 126 g/mol. The molecule has 0 aromatic rings. The van der Waals surface area contributed by atoms with Crippen molar-refractivity contribution in [1.82, 2.24) is 0 Å². The molecule has 1 aliphatic heterocycles. The van der Waals surface area contributed by atoms with E-state index in [0.717, 1.165) is 0 Å². The van der Waals surface area contributed by atoms with Crippen LogP contribution in [0.25, 0.3) is 0 Å². The second-order valence-electron chi connectivity index (χ2n) is 1.71. The topological polar surface area (TPSA) is 35.5 Å². The van der Waals surface area contributed by atoms with Gasteiger partial charge in [0.05, 0.1) is 0 Å². The summed E-state index contributed by atoms with van der Waals surface area (Å²) in [7, 11) is 0. The summed E-state index contributed by atoms with van der Waals surface area (Å²) in [6.45, 7) is 0.295. The van der Waals surface area contributed by atoms with Gasteiger partial charge in [-0.05, 0) is 0 Å². The van der Waals surface area contributed by atoms with Crippen LogP contribution >= 0.6 is 0 Å². The van der Waals surface area contributed by atoms with E-state index in [9.17, 15) is 4.79 Å². The third-order valence-corrected chi connectivity index (χ3v) is 0.995. The van der Waals surface area contributed by atoms with E-state index in [2.05, 4.69) is 15.4 Å². The molecule has 48 valence electrons. The Balaban J connectivity index is 2.32. The molecule has 1 saturated heterocycles. The van der Waals surface area contributed by atoms with Crippen molar-refractivity contribution in [3.8, 4) is 12.3 Å². The Hall–Kier alpha value is -1.17. The van der Waals surface area contributed by atoms with Crippen LogP contribution in [-0.4, -0.2) is 18.9 Å². The summed E-state index contributed by atoms with van der Waals surface area (Å²) in [5.41, 5.74) is 0. The highest BCUT2D eigenvalue weighted by molar-refractivity contribution is 5.61. The highest BCUT2D eigenvalue weighted by Gasteiger charge is 2.23. The van der Waals surface area contributed by atoms with E-state index in [0.29, 0.717) is 13.0 Å². The summed E-state index contributed by atoms with van der Waals surface area (Å²) in [5, 5.41) is 0. The van der Waals surface area contributed by atoms with Gasteiger partial charge in [-0.25, -0.2) is 4.79 Å². The van der Waals surface area contributed by atoms with Crippen molar-refractivity contribution in [3.05, 3.63) is 0 Å². The van der Waals surface area contributed by atoms with E-state index in [4.69, 9.17) is 6.42 Å². The first kappa shape index (κ1) is 5.96. The van der Waals surface area contributed by atoms with Crippen LogP contribution in [0, 0.1) is 12.3 Å². The van der Waals surface area contributed by atoms with Gasteiger partial charge < -0.3 is 9.47 Å². The Kier molecular flexibility index (Phi) is 1.59. The summed E-state index contributed by atoms with van der Waals surface area (Å²) in [4.78, 5) is 10.2. The maximum Gasteiger partial charge on any atom is 0.508 e. The van der Waals surface area contributed by atoms with Gasteiger partial charge in [-0.2, -0.15) is 0 Å². The highest BCUT2D eigenvalue weighted by Crippen LogP contribution is 2.07. The molecule has 0 amide bonds. The molecule has 0 N–H and O–H groups in total. The largest absolute Gasteiger partial charge is 0.508 e. The van der Waals surface area contributed by atoms with Crippen LogP contribution in [0.1, 0.15) is 6.42 Å². The summed E-state index contributed by atoms with van der Waals surface area (Å²) in [6, 6.07) is 0. The van der Waals surface area contributed by atoms with Crippen molar-refractivity contribution < 1.29 is 14.3 Å². The van der Waals surface area contributed by atoms with Gasteiger partial charge in [0.15, 0.2) is 6.10 Å². The lowest BCUT2D eigenvalue weighted by atomic mass is 10.3. The first-order valence-electron chi connectivity index (χ1n) is 2.60. The maximum atomic E-state index is 10.2. The molecule has 9 heavy (non-hydrogen) atoms. The number of hydrogen-bond donors (Lipinski definition) is 0. The van der Waals surface area contributed by atoms with Crippen LogP contribution in [0.2, 0.25) is 0 Å². The fourth-order valence-corrected chi connectivity index (χ4v) is 0.597. The van der Waals surface area contributed by atoms with Crippen LogP contribution in [0.15, 0.2) is 0 Å². The van der Waals surface area contributed by atoms with Crippen LogP contribution in [0.5, 0.6) is 0 Å². The van der Waals surface area contributed by atoms with Gasteiger partial charge in [0.1, 0.15) is 6.61 Å². The molecule has 0 saturated carbocycles. The second-order valence-corrected chi connectivity index (χ2v) is 1.71. The molecular formula is C6H6O3. The minimum Gasteiger partial charge on any atom is -0.430 e. The highest BCUT2D eigenvalue weighted by atomic mass is 16.8. The SMILES string of the molecule is C#CCC1COC(=O)O1. The van der Waals surface area contributed by atoms with E-state index in [1.807, 2.05) is 0 Å². The number of cyclic esters (lactones) is 2. The van der Waals surface area contributed by atoms with E-state index < -0.39 is 6.16 Å². The third-order valence-electron chi connectivity index (χ3n) is 0.995. The second kappa shape index (κ2) is 2.40. The van der Waals surface area contributed by atoms with Gasteiger partial charge in [0.25, 0.3) is 0 Å². The van der Waals surface area contributed by atoms with E-state index in [-0.39, 0.29) is 6.10 Å². The minimum absolute atomic E-state index is 0.220. The molecule has 1 unspecified atom stereocenters. The van der Waals surface area contributed by atoms with Gasteiger partial charge in [-0.3, -0.25) is 0 Å². The average Bonchev–Trinajstić information content (AvgIpc) is 2.17. The van der Waals surface area contributed by atoms with Gasteiger partial charge in [-0.1, -0.05) is 0 Å². The number of carbonyl (C=O) groups excluding carboxylic acids is 1. The molecule has 1 heterocycles. The predicted octanol–water partition coefficient (Wildman–Crippen LogP) is 0.545. The molecule has 0 aromatic heterocycles. The number of hydrogen-bond acceptors (Lipinski definition) is 3. The standard InChI is InChI=1S/C6H6O3/c1-2-3-5-4-8-6(7)9-5/h1,5H,3-4H2. The fourth-order valence-electron chi connectivity index (χ4n) is 0.597. The zero-order valence-electron chi connectivity index (χ0n) is 4.79. The number of ether oxygens (including phenoxy) is 2. The first-order chi connectivity index (χ1) is 4.33. The van der Waals surface area contributed by atoms with Crippen molar-refractivity contribution in [1.29, 1.82) is 0 Å². The number of rotatable bonds is 1. The lowest BCUT2D eigenvalue weighted by molar-refractivity contribution is 0.119. The van der Waals surface area contributed by atoms with Gasteiger partial charge in [-0.15, -0.1) is 12.3 Å². The van der Waals surface area contributed by atoms with Crippen molar-refractivity contribution in [2.24, 2.45) is 0 Å². The van der Waals surface area contributed by atoms with Gasteiger partial charge >= 0.3 is 6.16 Å². The smallest absolute Gasteiger partial charge is 0.430 e. The molecule has 0 bridgehead atoms. The first-order valence-corrected chi connectivity index (χ1v) is 2.60. The lowest BCUT2D eigenvalue weighted by Gasteiger charge is -1.96. The summed E-state index contributed by atoms with van der Waals surface area (Å²) < 4.78 is 9.06. The Bertz CT molecular complexity index is 156. The van der Waals surface area contributed by atoms with Crippen molar-refractivity contribution in [2.45, 2.75) is 12.5 Å². The Morgan fingerprint density at radius 3 is 3.11 bits per heavy atom. The quantitative estimate of drug-likeness (QED) is 0.380. The molecule has 1 aliphatic rings. The van der Waals surface area contributed by atoms with Crippen LogP contribution in [0.3, 0.4) is 0 Å². The monoisotopic (exact) mass is 126 g/mol. The Labute approximate surface area is 52.9 Å². The van der Waals surface area contributed by atoms with Crippen molar-refractivity contribution >= 4 is 6.16 Å². The minimum atomic E-state index is -0.616. The molecule has 0 aliphatic carbocycles. The number of terminal acetylenes is 1. The van der Waals surface area contributed by atoms with E-state index in [1.165, 1.54) is 0 Å². The molecule has 0 spiro atoms. The summed E-state index contributed by atoms with van der Waals surface area (Å²) in [5.74, 6) is 2.37. The fraction of sp³-hybridized carbons (Fsp3) is 0.500. The Morgan fingerprint density at radius 2 is 2.67 bits per heavy atom. The third kappa shape index (κ3) is 1.36. The summed E-state index contributed by atoms with van der Waals surface area (Å²) in [6.07, 6.45) is 4.56. The number of carbonyl (C=O) groups is 1. The molecule has 1 atom stereocenters. The molecule has 0 aromatic carbocycles. The van der Waals surface area contributed by atoms with Crippen LogP contribution < -0.4 is 0 Å². The Morgan fingerprint density at radius 1 is 1.89 bits per heavy atom. The summed E-state index contributed by atoms with van der Waals surface area (Å²) >= 11 is 0. The predicted molar refractivity (Wildman–Crippen MR) is 29.7 cm³/mol. The van der Waals surface area contributed by atoms with Crippen molar-refractivity contribution in [3.63, 3.8) is 0 Å². The zero-order valence-corrected chi connectivity index (χ0v) is 4.79. The maximum absolute atomic E-state index is 10.2. The molecule has 3 heteroatoms. The van der Waals surface area contributed by atoms with Crippen LogP contribution in [-0.2, 0) is 9.47 Å². The molecule has 0 radical (unpaired) electrons. The van der Waals surface area contributed by atoms with Gasteiger partial charge in [0, 0.05) is 6.42 Å². The lowest BCUT2D eigenvalue weighted by Crippen LogP contribution is -2.07. The van der Waals surface area contributed by atoms with Crippen molar-refractivity contribution in [2.75, 3.05) is 6.61 Å². The van der Waals surface area contributed by atoms with Gasteiger partial charge in [0.2, 0.25) is 0 Å². The van der Waals surface area contributed by atoms with E-state index in [1.54, 1.807) is 0 Å². The zero-order chi connectivity index (χ0) is 6.69. The molecule has 1 rings (SSSR count). The molecular weight excluding hydrogens is 120 g/mol.